The van der Waals surface area contributed by atoms with Crippen LogP contribution in [0.1, 0.15) is 22.3 Å². The molecule has 0 spiro atoms. The van der Waals surface area contributed by atoms with E-state index in [0.717, 1.165) is 27.8 Å². The smallest absolute Gasteiger partial charge is 0.251 e. The van der Waals surface area contributed by atoms with Crippen LogP contribution in [0.25, 0.3) is 11.1 Å². The van der Waals surface area contributed by atoms with E-state index in [2.05, 4.69) is 5.32 Å². The van der Waals surface area contributed by atoms with E-state index in [1.807, 2.05) is 42.5 Å². The fourth-order valence-corrected chi connectivity index (χ4v) is 7.70. The summed E-state index contributed by atoms with van der Waals surface area (Å²) < 4.78 is 28.3. The van der Waals surface area contributed by atoms with Crippen molar-refractivity contribution in [1.82, 2.24) is 14.5 Å². The Morgan fingerprint density at radius 2 is 1.71 bits per heavy atom. The molecule has 11 nitrogen and oxygen atoms in total. The van der Waals surface area contributed by atoms with Crippen molar-refractivity contribution in [3.63, 3.8) is 0 Å². The third-order valence-corrected chi connectivity index (χ3v) is 10.1. The molecule has 45 heavy (non-hydrogen) atoms. The number of aromatic hydroxyl groups is 1. The number of ketones is 1. The molecule has 0 aliphatic carbocycles. The second kappa shape index (κ2) is 12.1. The Morgan fingerprint density at radius 3 is 2.42 bits per heavy atom. The van der Waals surface area contributed by atoms with E-state index in [1.54, 1.807) is 24.3 Å². The number of carbonyl (C=O) groups excluding carboxylic acids is 3. The molecule has 0 radical (unpaired) electrons. The minimum Gasteiger partial charge on any atom is -0.619 e. The number of nitrogens with one attached hydrogen (secondary N) is 1. The number of hydrogen-bond donors (Lipinski definition) is 2. The highest BCUT2D eigenvalue weighted by molar-refractivity contribution is 7.89. The Balaban J connectivity index is 1.24. The number of aromatic nitrogens is 1. The van der Waals surface area contributed by atoms with Gasteiger partial charge in [-0.25, -0.2) is 8.42 Å². The first kappa shape index (κ1) is 30.0. The number of fused-ring (bicyclic) bond motifs is 1. The lowest BCUT2D eigenvalue weighted by Gasteiger charge is -2.28. The van der Waals surface area contributed by atoms with Gasteiger partial charge in [0.2, 0.25) is 15.9 Å². The van der Waals surface area contributed by atoms with Crippen LogP contribution in [0.2, 0.25) is 0 Å². The minimum absolute atomic E-state index is 0.00473. The Bertz CT molecular complexity index is 1870. The van der Waals surface area contributed by atoms with E-state index in [-0.39, 0.29) is 30.0 Å². The Hall–Kier alpha value is -5.07. The lowest BCUT2D eigenvalue weighted by molar-refractivity contribution is -0.607. The number of sulfonamides is 1. The minimum atomic E-state index is -4.19. The molecule has 0 saturated carbocycles. The molecule has 12 heteroatoms. The van der Waals surface area contributed by atoms with Crippen molar-refractivity contribution in [3.8, 4) is 16.9 Å². The summed E-state index contributed by atoms with van der Waals surface area (Å²) in [4.78, 5) is 41.9. The first-order valence-corrected chi connectivity index (χ1v) is 15.8. The lowest BCUT2D eigenvalue weighted by Crippen LogP contribution is -2.53. The van der Waals surface area contributed by atoms with Crippen LogP contribution in [0, 0.1) is 5.21 Å². The Kier molecular flexibility index (Phi) is 8.09. The van der Waals surface area contributed by atoms with Gasteiger partial charge in [-0.3, -0.25) is 14.4 Å². The van der Waals surface area contributed by atoms with Gasteiger partial charge in [0.1, 0.15) is 22.7 Å². The Morgan fingerprint density at radius 1 is 0.978 bits per heavy atom. The number of nitrogens with zero attached hydrogens (tertiary/aromatic N) is 3. The van der Waals surface area contributed by atoms with Crippen LogP contribution in [0.5, 0.6) is 5.75 Å². The number of pyridine rings is 1. The van der Waals surface area contributed by atoms with Crippen LogP contribution in [0.3, 0.4) is 0 Å². The summed E-state index contributed by atoms with van der Waals surface area (Å²) in [5.74, 6) is -1.49. The quantitative estimate of drug-likeness (QED) is 0.225. The number of amides is 2. The summed E-state index contributed by atoms with van der Waals surface area (Å²) in [6.45, 7) is -0.340. The molecule has 2 amide bonds. The van der Waals surface area contributed by atoms with Crippen molar-refractivity contribution in [2.75, 3.05) is 13.1 Å². The average Bonchev–Trinajstić information content (AvgIpc) is 3.62. The van der Waals surface area contributed by atoms with Crippen molar-refractivity contribution in [2.24, 2.45) is 0 Å². The highest BCUT2D eigenvalue weighted by atomic mass is 32.2. The number of benzene rings is 3. The highest BCUT2D eigenvalue weighted by Gasteiger charge is 2.54. The first-order chi connectivity index (χ1) is 21.6. The summed E-state index contributed by atoms with van der Waals surface area (Å²) in [5.41, 5.74) is 2.82. The molecule has 2 fully saturated rings. The van der Waals surface area contributed by atoms with Crippen molar-refractivity contribution in [3.05, 3.63) is 120 Å². The van der Waals surface area contributed by atoms with Crippen LogP contribution in [0.15, 0.2) is 108 Å². The van der Waals surface area contributed by atoms with Gasteiger partial charge in [0.15, 0.2) is 18.2 Å². The predicted molar refractivity (Wildman–Crippen MR) is 163 cm³/mol. The molecular formula is C33H30N4O7S. The molecule has 3 unspecified atom stereocenters. The van der Waals surface area contributed by atoms with Gasteiger partial charge in [0, 0.05) is 24.6 Å². The normalized spacial score (nSPS) is 18.8. The van der Waals surface area contributed by atoms with E-state index in [4.69, 9.17) is 0 Å². The number of Topliss-reactive ketones (excluding diaryl/α,β-unsaturated/α-hetero) is 1. The van der Waals surface area contributed by atoms with Crippen LogP contribution in [-0.2, 0) is 26.0 Å². The molecule has 3 heterocycles. The van der Waals surface area contributed by atoms with Gasteiger partial charge in [0.05, 0.1) is 12.6 Å². The van der Waals surface area contributed by atoms with Gasteiger partial charge in [-0.2, -0.15) is 9.04 Å². The summed E-state index contributed by atoms with van der Waals surface area (Å²) >= 11 is 0. The topological polar surface area (TPSA) is 151 Å². The molecule has 4 aromatic rings. The third kappa shape index (κ3) is 6.02. The maximum atomic E-state index is 14.1. The molecule has 2 aliphatic rings. The molecule has 2 saturated heterocycles. The second-order valence-corrected chi connectivity index (χ2v) is 13.0. The second-order valence-electron chi connectivity index (χ2n) is 11.1. The molecule has 3 atom stereocenters. The zero-order chi connectivity index (χ0) is 31.7. The van der Waals surface area contributed by atoms with Crippen LogP contribution < -0.4 is 10.0 Å². The van der Waals surface area contributed by atoms with Crippen LogP contribution in [0.4, 0.5) is 0 Å². The molecule has 2 aliphatic heterocycles. The van der Waals surface area contributed by atoms with Gasteiger partial charge in [0.25, 0.3) is 5.91 Å². The maximum absolute atomic E-state index is 14.1. The molecule has 230 valence electrons. The van der Waals surface area contributed by atoms with Crippen LogP contribution >= 0.6 is 0 Å². The third-order valence-electron chi connectivity index (χ3n) is 8.22. The van der Waals surface area contributed by atoms with E-state index < -0.39 is 52.3 Å². The lowest BCUT2D eigenvalue weighted by atomic mass is 10.0. The van der Waals surface area contributed by atoms with Gasteiger partial charge < -0.3 is 20.5 Å². The zero-order valence-electron chi connectivity index (χ0n) is 24.0. The Labute approximate surface area is 260 Å². The van der Waals surface area contributed by atoms with E-state index in [1.165, 1.54) is 29.2 Å². The first-order valence-electron chi connectivity index (χ1n) is 14.4. The number of rotatable bonds is 8. The predicted octanol–water partition coefficient (Wildman–Crippen LogP) is 2.28. The fraction of sp³-hybridized carbons (Fsp3) is 0.212. The molecule has 6 rings (SSSR count). The number of hydrogen-bond acceptors (Lipinski definition) is 7. The van der Waals surface area contributed by atoms with Gasteiger partial charge in [-0.15, -0.1) is 0 Å². The molecule has 1 aromatic heterocycles. The number of likely N-dealkylation sites (tertiary alicyclic amines) is 1. The van der Waals surface area contributed by atoms with Gasteiger partial charge in [-0.1, -0.05) is 54.6 Å². The fourth-order valence-electron chi connectivity index (χ4n) is 6.07. The van der Waals surface area contributed by atoms with Gasteiger partial charge >= 0.3 is 0 Å². The largest absolute Gasteiger partial charge is 0.619 e. The highest BCUT2D eigenvalue weighted by Crippen LogP contribution is 2.34. The van der Waals surface area contributed by atoms with Crippen LogP contribution in [-0.4, -0.2) is 71.5 Å². The molecule has 0 bridgehead atoms. The van der Waals surface area contributed by atoms with Crippen molar-refractivity contribution in [1.29, 1.82) is 0 Å². The average molecular weight is 627 g/mol. The van der Waals surface area contributed by atoms with Crippen molar-refractivity contribution in [2.45, 2.75) is 35.9 Å². The van der Waals surface area contributed by atoms with Crippen molar-refractivity contribution >= 4 is 27.6 Å². The van der Waals surface area contributed by atoms with Gasteiger partial charge in [-0.05, 0) is 53.4 Å². The van der Waals surface area contributed by atoms with E-state index >= 15 is 0 Å². The summed E-state index contributed by atoms with van der Waals surface area (Å²) in [7, 11) is -4.19. The summed E-state index contributed by atoms with van der Waals surface area (Å²) in [5, 5.41) is 24.6. The van der Waals surface area contributed by atoms with E-state index in [9.17, 15) is 33.1 Å². The summed E-state index contributed by atoms with van der Waals surface area (Å²) in [6, 6.07) is 22.6. The maximum Gasteiger partial charge on any atom is 0.251 e. The molecular weight excluding hydrogens is 596 g/mol. The standard InChI is InChI=1S/C33H30N4O7S/c38-26-9-4-6-22(18-26)19-28(34-32(40)25-13-11-24(12-14-25)23-7-2-1-3-8-23)33(41)36-17-15-29-31(36)30(39)21-37(29)45(43,44)27-10-5-16-35(42)20-27/h1-14,16,18,20,28-29,31,38H,15,17,19,21H2,(H,34,40). The monoisotopic (exact) mass is 626 g/mol. The van der Waals surface area contributed by atoms with Crippen molar-refractivity contribution < 1.29 is 32.6 Å². The number of carbonyl (C=O) groups is 3. The van der Waals surface area contributed by atoms with E-state index in [0.29, 0.717) is 15.9 Å². The SMILES string of the molecule is O=C(NC(Cc1cccc(O)c1)C(=O)N1CCC2C1C(=O)CN2S(=O)(=O)c1ccc[n+]([O-])c1)c1ccc(-c2ccccc2)cc1. The molecule has 2 N–H and O–H groups in total. The molecule has 3 aromatic carbocycles. The summed E-state index contributed by atoms with van der Waals surface area (Å²) in [6.07, 6.45) is 2.32. The number of phenolic OH excluding ortho intramolecular Hbond substituents is 1. The number of phenols is 1. The zero-order valence-corrected chi connectivity index (χ0v) is 24.8.